The van der Waals surface area contributed by atoms with E-state index in [9.17, 15) is 16.8 Å². The van der Waals surface area contributed by atoms with Gasteiger partial charge in [-0.15, -0.1) is 0 Å². The quantitative estimate of drug-likeness (QED) is 0.798. The van der Waals surface area contributed by atoms with Gasteiger partial charge < -0.3 is 0 Å². The Bertz CT molecular complexity index is 753. The van der Waals surface area contributed by atoms with Crippen LogP contribution in [-0.4, -0.2) is 46.5 Å². The summed E-state index contributed by atoms with van der Waals surface area (Å²) in [6.45, 7) is 3.87. The Morgan fingerprint density at radius 2 is 1.82 bits per heavy atom. The first-order valence-corrected chi connectivity index (χ1v) is 10.5. The molecular formula is C14H22N2O4S2. The van der Waals surface area contributed by atoms with Gasteiger partial charge in [0.25, 0.3) is 0 Å². The SMILES string of the molecule is Cc1ccc(S(=O)(=O)NCCN(C2CC2)S(C)(=O)=O)c(C)c1. The predicted octanol–water partition coefficient (Wildman–Crippen LogP) is 1.01. The molecule has 124 valence electrons. The van der Waals surface area contributed by atoms with Crippen molar-refractivity contribution in [3.8, 4) is 0 Å². The summed E-state index contributed by atoms with van der Waals surface area (Å²) in [4.78, 5) is 0.232. The molecule has 1 N–H and O–H groups in total. The van der Waals surface area contributed by atoms with Crippen LogP contribution >= 0.6 is 0 Å². The number of rotatable bonds is 7. The zero-order valence-corrected chi connectivity index (χ0v) is 14.7. The molecule has 0 aromatic heterocycles. The molecule has 0 saturated heterocycles. The van der Waals surface area contributed by atoms with E-state index in [1.54, 1.807) is 19.1 Å². The summed E-state index contributed by atoms with van der Waals surface area (Å²) in [5, 5.41) is 0. The largest absolute Gasteiger partial charge is 0.240 e. The Hall–Kier alpha value is -0.960. The van der Waals surface area contributed by atoms with Crippen LogP contribution < -0.4 is 4.72 Å². The smallest absolute Gasteiger partial charge is 0.212 e. The molecule has 1 fully saturated rings. The molecule has 0 aliphatic heterocycles. The third-order valence-electron chi connectivity index (χ3n) is 3.62. The van der Waals surface area contributed by atoms with Crippen LogP contribution in [0.25, 0.3) is 0 Å². The second kappa shape index (κ2) is 6.27. The van der Waals surface area contributed by atoms with Crippen LogP contribution in [0.15, 0.2) is 23.1 Å². The molecule has 1 saturated carbocycles. The first-order chi connectivity index (χ1) is 10.1. The van der Waals surface area contributed by atoms with Crippen LogP contribution in [-0.2, 0) is 20.0 Å². The first-order valence-electron chi connectivity index (χ1n) is 7.15. The molecule has 2 rings (SSSR count). The molecule has 0 atom stereocenters. The maximum atomic E-state index is 12.3. The van der Waals surface area contributed by atoms with Crippen molar-refractivity contribution >= 4 is 20.0 Å². The van der Waals surface area contributed by atoms with Crippen molar-refractivity contribution < 1.29 is 16.8 Å². The minimum Gasteiger partial charge on any atom is -0.212 e. The van der Waals surface area contributed by atoms with Crippen molar-refractivity contribution in [2.75, 3.05) is 19.3 Å². The van der Waals surface area contributed by atoms with Gasteiger partial charge in [-0.1, -0.05) is 17.7 Å². The topological polar surface area (TPSA) is 83.6 Å². The van der Waals surface area contributed by atoms with Crippen molar-refractivity contribution in [1.29, 1.82) is 0 Å². The van der Waals surface area contributed by atoms with Crippen LogP contribution in [0, 0.1) is 13.8 Å². The van der Waals surface area contributed by atoms with Crippen molar-refractivity contribution in [3.63, 3.8) is 0 Å². The summed E-state index contributed by atoms with van der Waals surface area (Å²) in [5.74, 6) is 0. The number of hydrogen-bond acceptors (Lipinski definition) is 4. The highest BCUT2D eigenvalue weighted by Crippen LogP contribution is 2.28. The number of nitrogens with one attached hydrogen (secondary N) is 1. The fourth-order valence-corrected chi connectivity index (χ4v) is 4.87. The fraction of sp³-hybridized carbons (Fsp3) is 0.571. The van der Waals surface area contributed by atoms with Crippen LogP contribution in [0.5, 0.6) is 0 Å². The molecule has 0 bridgehead atoms. The number of nitrogens with zero attached hydrogens (tertiary/aromatic N) is 1. The van der Waals surface area contributed by atoms with E-state index in [-0.39, 0.29) is 24.0 Å². The van der Waals surface area contributed by atoms with Crippen LogP contribution in [0.2, 0.25) is 0 Å². The maximum Gasteiger partial charge on any atom is 0.240 e. The molecule has 1 aliphatic carbocycles. The molecule has 22 heavy (non-hydrogen) atoms. The first kappa shape index (κ1) is 17.4. The number of aryl methyl sites for hydroxylation is 2. The second-order valence-corrected chi connectivity index (χ2v) is 9.44. The number of hydrogen-bond donors (Lipinski definition) is 1. The molecule has 1 aliphatic rings. The second-order valence-electron chi connectivity index (χ2n) is 5.77. The third kappa shape index (κ3) is 4.28. The molecule has 0 amide bonds. The van der Waals surface area contributed by atoms with Crippen molar-refractivity contribution in [2.45, 2.75) is 37.6 Å². The third-order valence-corrected chi connectivity index (χ3v) is 6.58. The van der Waals surface area contributed by atoms with Gasteiger partial charge in [-0.3, -0.25) is 0 Å². The molecule has 8 heteroatoms. The van der Waals surface area contributed by atoms with Gasteiger partial charge in [0.05, 0.1) is 11.2 Å². The Morgan fingerprint density at radius 3 is 2.32 bits per heavy atom. The zero-order chi connectivity index (χ0) is 16.5. The van der Waals surface area contributed by atoms with E-state index in [4.69, 9.17) is 0 Å². The summed E-state index contributed by atoms with van der Waals surface area (Å²) >= 11 is 0. The summed E-state index contributed by atoms with van der Waals surface area (Å²) in [6.07, 6.45) is 2.84. The highest BCUT2D eigenvalue weighted by Gasteiger charge is 2.34. The molecule has 0 unspecified atom stereocenters. The predicted molar refractivity (Wildman–Crippen MR) is 85.7 cm³/mol. The van der Waals surface area contributed by atoms with Crippen LogP contribution in [0.1, 0.15) is 24.0 Å². The highest BCUT2D eigenvalue weighted by atomic mass is 32.2. The molecule has 0 radical (unpaired) electrons. The molecule has 6 nitrogen and oxygen atoms in total. The van der Waals surface area contributed by atoms with Crippen molar-refractivity contribution in [1.82, 2.24) is 9.03 Å². The Kier molecular flexibility index (Phi) is 4.96. The van der Waals surface area contributed by atoms with Crippen molar-refractivity contribution in [2.24, 2.45) is 0 Å². The summed E-state index contributed by atoms with van der Waals surface area (Å²) in [6, 6.07) is 5.15. The molecule has 1 aromatic carbocycles. The van der Waals surface area contributed by atoms with Gasteiger partial charge in [-0.2, -0.15) is 4.31 Å². The number of benzene rings is 1. The van der Waals surface area contributed by atoms with E-state index in [0.29, 0.717) is 5.56 Å². The Morgan fingerprint density at radius 1 is 1.18 bits per heavy atom. The molecule has 0 spiro atoms. The minimum absolute atomic E-state index is 0.0283. The van der Waals surface area contributed by atoms with Gasteiger partial charge in [-0.25, -0.2) is 21.6 Å². The standard InChI is InChI=1S/C14H22N2O4S2/c1-11-4-7-14(12(2)10-11)22(19,20)15-8-9-16(13-5-6-13)21(3,17)18/h4,7,10,13,15H,5-6,8-9H2,1-3H3. The fourth-order valence-electron chi connectivity index (χ4n) is 2.45. The van der Waals surface area contributed by atoms with Crippen LogP contribution in [0.4, 0.5) is 0 Å². The lowest BCUT2D eigenvalue weighted by Gasteiger charge is -2.19. The van der Waals surface area contributed by atoms with E-state index in [0.717, 1.165) is 24.7 Å². The van der Waals surface area contributed by atoms with E-state index in [2.05, 4.69) is 4.72 Å². The van der Waals surface area contributed by atoms with Gasteiger partial charge in [0.1, 0.15) is 0 Å². The van der Waals surface area contributed by atoms with E-state index in [1.807, 2.05) is 13.0 Å². The van der Waals surface area contributed by atoms with E-state index in [1.165, 1.54) is 4.31 Å². The Balaban J connectivity index is 2.03. The lowest BCUT2D eigenvalue weighted by molar-refractivity contribution is 0.410. The van der Waals surface area contributed by atoms with Gasteiger partial charge >= 0.3 is 0 Å². The molecular weight excluding hydrogens is 324 g/mol. The van der Waals surface area contributed by atoms with Gasteiger partial charge in [0.15, 0.2) is 0 Å². The van der Waals surface area contributed by atoms with Gasteiger partial charge in [-0.05, 0) is 38.3 Å². The van der Waals surface area contributed by atoms with E-state index >= 15 is 0 Å². The molecule has 0 heterocycles. The summed E-state index contributed by atoms with van der Waals surface area (Å²) in [7, 11) is -6.92. The average Bonchev–Trinajstić information content (AvgIpc) is 3.16. The zero-order valence-electron chi connectivity index (χ0n) is 13.0. The van der Waals surface area contributed by atoms with Gasteiger partial charge in [0, 0.05) is 19.1 Å². The van der Waals surface area contributed by atoms with Crippen LogP contribution in [0.3, 0.4) is 0 Å². The van der Waals surface area contributed by atoms with Gasteiger partial charge in [0.2, 0.25) is 20.0 Å². The Labute approximate surface area is 132 Å². The average molecular weight is 346 g/mol. The lowest BCUT2D eigenvalue weighted by Crippen LogP contribution is -2.39. The normalized spacial score (nSPS) is 16.2. The molecule has 1 aromatic rings. The highest BCUT2D eigenvalue weighted by molar-refractivity contribution is 7.89. The monoisotopic (exact) mass is 346 g/mol. The minimum atomic E-state index is -3.63. The van der Waals surface area contributed by atoms with Crippen molar-refractivity contribution in [3.05, 3.63) is 29.3 Å². The maximum absolute atomic E-state index is 12.3. The lowest BCUT2D eigenvalue weighted by atomic mass is 10.2. The number of sulfonamides is 2. The summed E-state index contributed by atoms with van der Waals surface area (Å²) in [5.41, 5.74) is 1.67. The van der Waals surface area contributed by atoms with E-state index < -0.39 is 20.0 Å². The summed E-state index contributed by atoms with van der Waals surface area (Å²) < 4.78 is 51.8.